The van der Waals surface area contributed by atoms with Gasteiger partial charge in [0, 0.05) is 12.4 Å². The van der Waals surface area contributed by atoms with E-state index in [1.165, 1.54) is 0 Å². The average molecular weight is 311 g/mol. The summed E-state index contributed by atoms with van der Waals surface area (Å²) in [6.45, 7) is 0. The lowest BCUT2D eigenvalue weighted by Gasteiger charge is -2.06. The van der Waals surface area contributed by atoms with Crippen molar-refractivity contribution >= 4 is 18.4 Å². The van der Waals surface area contributed by atoms with Crippen LogP contribution in [0.1, 0.15) is 5.56 Å². The molecule has 0 bridgehead atoms. The first-order chi connectivity index (χ1) is 10.8. The SMILES string of the molecule is COc1ccccc1-c1n[nH]c(=S)n1N=Cc1ccncc1. The summed E-state index contributed by atoms with van der Waals surface area (Å²) in [7, 11) is 1.62. The monoisotopic (exact) mass is 311 g/mol. The van der Waals surface area contributed by atoms with E-state index in [9.17, 15) is 0 Å². The molecule has 1 N–H and O–H groups in total. The normalized spacial score (nSPS) is 11.0. The van der Waals surface area contributed by atoms with E-state index in [1.807, 2.05) is 36.4 Å². The molecule has 2 heterocycles. The number of aromatic nitrogens is 4. The molecule has 0 aliphatic heterocycles. The van der Waals surface area contributed by atoms with E-state index in [4.69, 9.17) is 17.0 Å². The molecular formula is C15H13N5OS. The zero-order valence-corrected chi connectivity index (χ0v) is 12.6. The third-order valence-electron chi connectivity index (χ3n) is 3.03. The maximum absolute atomic E-state index is 5.37. The lowest BCUT2D eigenvalue weighted by molar-refractivity contribution is 0.416. The molecule has 0 aliphatic rings. The Morgan fingerprint density at radius 3 is 2.77 bits per heavy atom. The Balaban J connectivity index is 2.05. The number of para-hydroxylation sites is 1. The third-order valence-corrected chi connectivity index (χ3v) is 3.29. The molecule has 0 amide bonds. The molecule has 0 saturated heterocycles. The van der Waals surface area contributed by atoms with Gasteiger partial charge in [0.25, 0.3) is 0 Å². The Morgan fingerprint density at radius 1 is 1.23 bits per heavy atom. The van der Waals surface area contributed by atoms with Crippen LogP contribution in [0.15, 0.2) is 53.9 Å². The van der Waals surface area contributed by atoms with Crippen LogP contribution >= 0.6 is 12.2 Å². The van der Waals surface area contributed by atoms with Crippen molar-refractivity contribution < 1.29 is 4.74 Å². The van der Waals surface area contributed by atoms with E-state index in [1.54, 1.807) is 30.4 Å². The van der Waals surface area contributed by atoms with Crippen LogP contribution in [0.3, 0.4) is 0 Å². The van der Waals surface area contributed by atoms with Gasteiger partial charge in [0.05, 0.1) is 18.9 Å². The fourth-order valence-electron chi connectivity index (χ4n) is 1.98. The summed E-state index contributed by atoms with van der Waals surface area (Å²) in [5.74, 6) is 1.30. The Hall–Kier alpha value is -2.80. The molecule has 7 heteroatoms. The maximum atomic E-state index is 5.37. The number of nitrogens with zero attached hydrogens (tertiary/aromatic N) is 4. The van der Waals surface area contributed by atoms with E-state index in [2.05, 4.69) is 20.3 Å². The minimum absolute atomic E-state index is 0.409. The van der Waals surface area contributed by atoms with Crippen LogP contribution in [-0.2, 0) is 0 Å². The quantitative estimate of drug-likeness (QED) is 0.594. The van der Waals surface area contributed by atoms with Crippen LogP contribution in [0.25, 0.3) is 11.4 Å². The standard InChI is InChI=1S/C15H13N5OS/c1-21-13-5-3-2-4-12(13)14-18-19-15(22)20(14)17-10-11-6-8-16-9-7-11/h2-10H,1H3,(H,19,22). The number of ether oxygens (including phenoxy) is 1. The molecule has 0 radical (unpaired) electrons. The first-order valence-electron chi connectivity index (χ1n) is 6.55. The topological polar surface area (TPSA) is 68.1 Å². The fraction of sp³-hybridized carbons (Fsp3) is 0.0667. The molecular weight excluding hydrogens is 298 g/mol. The van der Waals surface area contributed by atoms with E-state index in [0.29, 0.717) is 16.3 Å². The molecule has 0 fully saturated rings. The predicted octanol–water partition coefficient (Wildman–Crippen LogP) is 2.89. The van der Waals surface area contributed by atoms with Crippen molar-refractivity contribution in [3.05, 3.63) is 59.1 Å². The van der Waals surface area contributed by atoms with Crippen molar-refractivity contribution in [3.63, 3.8) is 0 Å². The van der Waals surface area contributed by atoms with Gasteiger partial charge in [-0.05, 0) is 42.0 Å². The number of hydrogen-bond donors (Lipinski definition) is 1. The molecule has 0 atom stereocenters. The van der Waals surface area contributed by atoms with Crippen molar-refractivity contribution in [1.82, 2.24) is 19.9 Å². The summed E-state index contributed by atoms with van der Waals surface area (Å²) in [5, 5.41) is 11.4. The van der Waals surface area contributed by atoms with Gasteiger partial charge in [0.2, 0.25) is 4.77 Å². The number of aromatic amines is 1. The Morgan fingerprint density at radius 2 is 2.00 bits per heavy atom. The van der Waals surface area contributed by atoms with Crippen molar-refractivity contribution in [1.29, 1.82) is 0 Å². The lowest BCUT2D eigenvalue weighted by atomic mass is 10.2. The van der Waals surface area contributed by atoms with Gasteiger partial charge in [-0.1, -0.05) is 12.1 Å². The molecule has 0 spiro atoms. The Bertz CT molecular complexity index is 854. The smallest absolute Gasteiger partial charge is 0.216 e. The van der Waals surface area contributed by atoms with Gasteiger partial charge in [-0.15, -0.1) is 0 Å². The van der Waals surface area contributed by atoms with Gasteiger partial charge in [0.1, 0.15) is 5.75 Å². The van der Waals surface area contributed by atoms with E-state index in [-0.39, 0.29) is 0 Å². The molecule has 1 aromatic carbocycles. The number of nitrogens with one attached hydrogen (secondary N) is 1. The zero-order valence-electron chi connectivity index (χ0n) is 11.8. The maximum Gasteiger partial charge on any atom is 0.216 e. The second kappa shape index (κ2) is 6.31. The van der Waals surface area contributed by atoms with Crippen molar-refractivity contribution in [3.8, 4) is 17.1 Å². The summed E-state index contributed by atoms with van der Waals surface area (Å²) >= 11 is 5.25. The summed E-state index contributed by atoms with van der Waals surface area (Å²) in [6, 6.07) is 11.3. The zero-order chi connectivity index (χ0) is 15.4. The van der Waals surface area contributed by atoms with E-state index in [0.717, 1.165) is 11.1 Å². The third kappa shape index (κ3) is 2.79. The van der Waals surface area contributed by atoms with Crippen LogP contribution < -0.4 is 4.74 Å². The number of benzene rings is 1. The van der Waals surface area contributed by atoms with Crippen molar-refractivity contribution in [2.75, 3.05) is 7.11 Å². The summed E-state index contributed by atoms with van der Waals surface area (Å²) in [5.41, 5.74) is 1.73. The number of methoxy groups -OCH3 is 1. The molecule has 0 saturated carbocycles. The van der Waals surface area contributed by atoms with Gasteiger partial charge >= 0.3 is 0 Å². The molecule has 22 heavy (non-hydrogen) atoms. The molecule has 3 rings (SSSR count). The second-order valence-corrected chi connectivity index (χ2v) is 4.78. The number of hydrogen-bond acceptors (Lipinski definition) is 5. The van der Waals surface area contributed by atoms with Crippen LogP contribution in [0.4, 0.5) is 0 Å². The molecule has 110 valence electrons. The highest BCUT2D eigenvalue weighted by Gasteiger charge is 2.12. The van der Waals surface area contributed by atoms with E-state index < -0.39 is 0 Å². The van der Waals surface area contributed by atoms with E-state index >= 15 is 0 Å². The number of rotatable bonds is 4. The molecule has 3 aromatic rings. The first-order valence-corrected chi connectivity index (χ1v) is 6.95. The lowest BCUT2D eigenvalue weighted by Crippen LogP contribution is -1.97. The molecule has 6 nitrogen and oxygen atoms in total. The highest BCUT2D eigenvalue weighted by atomic mass is 32.1. The summed E-state index contributed by atoms with van der Waals surface area (Å²) < 4.78 is 7.34. The van der Waals surface area contributed by atoms with Gasteiger partial charge in [-0.2, -0.15) is 14.9 Å². The van der Waals surface area contributed by atoms with Crippen molar-refractivity contribution in [2.45, 2.75) is 0 Å². The van der Waals surface area contributed by atoms with Crippen LogP contribution in [0, 0.1) is 4.77 Å². The minimum Gasteiger partial charge on any atom is -0.496 e. The largest absolute Gasteiger partial charge is 0.496 e. The predicted molar refractivity (Wildman–Crippen MR) is 86.6 cm³/mol. The molecule has 0 aliphatic carbocycles. The highest BCUT2D eigenvalue weighted by Crippen LogP contribution is 2.27. The Labute approximate surface area is 132 Å². The van der Waals surface area contributed by atoms with Crippen molar-refractivity contribution in [2.24, 2.45) is 5.10 Å². The first kappa shape index (κ1) is 14.2. The fourth-order valence-corrected chi connectivity index (χ4v) is 2.16. The number of H-pyrrole nitrogens is 1. The van der Waals surface area contributed by atoms with Gasteiger partial charge in [-0.25, -0.2) is 5.10 Å². The molecule has 0 unspecified atom stereocenters. The average Bonchev–Trinajstić information content (AvgIpc) is 2.94. The highest BCUT2D eigenvalue weighted by molar-refractivity contribution is 7.71. The van der Waals surface area contributed by atoms with Gasteiger partial charge < -0.3 is 4.74 Å². The Kier molecular flexibility index (Phi) is 4.06. The van der Waals surface area contributed by atoms with Crippen LogP contribution in [-0.4, -0.2) is 33.2 Å². The number of pyridine rings is 1. The van der Waals surface area contributed by atoms with Crippen LogP contribution in [0.5, 0.6) is 5.75 Å². The van der Waals surface area contributed by atoms with Gasteiger partial charge in [-0.3, -0.25) is 4.98 Å². The minimum atomic E-state index is 0.409. The molecule has 2 aromatic heterocycles. The van der Waals surface area contributed by atoms with Crippen LogP contribution in [0.2, 0.25) is 0 Å². The van der Waals surface area contributed by atoms with Gasteiger partial charge in [0.15, 0.2) is 5.82 Å². The summed E-state index contributed by atoms with van der Waals surface area (Å²) in [4.78, 5) is 3.97. The summed E-state index contributed by atoms with van der Waals surface area (Å²) in [6.07, 6.45) is 5.11. The second-order valence-electron chi connectivity index (χ2n) is 4.39.